The van der Waals surface area contributed by atoms with Crippen molar-refractivity contribution >= 4 is 15.9 Å². The van der Waals surface area contributed by atoms with E-state index in [0.29, 0.717) is 18.9 Å². The second-order valence-corrected chi connectivity index (χ2v) is 10.2. The molecule has 5 nitrogen and oxygen atoms in total. The van der Waals surface area contributed by atoms with Gasteiger partial charge in [-0.3, -0.25) is 4.79 Å². The Labute approximate surface area is 144 Å². The summed E-state index contributed by atoms with van der Waals surface area (Å²) in [6.07, 6.45) is 0.651. The van der Waals surface area contributed by atoms with Crippen LogP contribution < -0.4 is 5.73 Å². The fraction of sp³-hybridized carbons (Fsp3) is 0.611. The summed E-state index contributed by atoms with van der Waals surface area (Å²) in [5.74, 6) is -0.0322. The number of carbonyl (C=O) groups excluding carboxylic acids is 1. The summed E-state index contributed by atoms with van der Waals surface area (Å²) >= 11 is 0. The number of hydrogen-bond acceptors (Lipinski definition) is 3. The van der Waals surface area contributed by atoms with Gasteiger partial charge in [-0.2, -0.15) is 4.31 Å². The summed E-state index contributed by atoms with van der Waals surface area (Å²) in [6, 6.07) is 7.03. The van der Waals surface area contributed by atoms with Gasteiger partial charge >= 0.3 is 0 Å². The molecule has 2 aliphatic rings. The Morgan fingerprint density at radius 3 is 2.25 bits per heavy atom. The Bertz CT molecular complexity index is 768. The summed E-state index contributed by atoms with van der Waals surface area (Å²) in [7, 11) is -3.60. The lowest BCUT2D eigenvalue weighted by Gasteiger charge is -2.54. The molecule has 2 N–H and O–H groups in total. The highest BCUT2D eigenvalue weighted by atomic mass is 32.2. The van der Waals surface area contributed by atoms with Gasteiger partial charge in [-0.05, 0) is 41.4 Å². The maximum atomic E-state index is 13.0. The summed E-state index contributed by atoms with van der Waals surface area (Å²) in [5.41, 5.74) is 5.98. The number of carbonyl (C=O) groups is 1. The molecule has 132 valence electrons. The first-order chi connectivity index (χ1) is 11.0. The minimum absolute atomic E-state index is 0.00721. The van der Waals surface area contributed by atoms with Crippen LogP contribution in [0.4, 0.5) is 0 Å². The monoisotopic (exact) mass is 350 g/mol. The number of hydrogen-bond donors (Lipinski definition) is 1. The Kier molecular flexibility index (Phi) is 3.85. The van der Waals surface area contributed by atoms with Gasteiger partial charge in [0.25, 0.3) is 0 Å². The molecule has 1 heterocycles. The lowest BCUT2D eigenvalue weighted by molar-refractivity contribution is -0.148. The maximum Gasteiger partial charge on any atom is 0.243 e. The highest BCUT2D eigenvalue weighted by Crippen LogP contribution is 2.63. The van der Waals surface area contributed by atoms with Gasteiger partial charge in [0.15, 0.2) is 0 Å². The van der Waals surface area contributed by atoms with Crippen molar-refractivity contribution in [3.8, 4) is 0 Å². The zero-order chi connectivity index (χ0) is 17.9. The molecule has 0 unspecified atom stereocenters. The molecule has 3 rings (SSSR count). The SMILES string of the molecule is CC(C)c1ccc(S(=O)(=O)N2C[C@@H]3C(C)(C)C[C@]3(C(N)=O)C2)cc1. The van der Waals surface area contributed by atoms with E-state index in [-0.39, 0.29) is 28.7 Å². The van der Waals surface area contributed by atoms with Gasteiger partial charge in [-0.1, -0.05) is 39.8 Å². The van der Waals surface area contributed by atoms with E-state index in [0.717, 1.165) is 5.56 Å². The van der Waals surface area contributed by atoms with Crippen molar-refractivity contribution in [1.82, 2.24) is 4.31 Å². The van der Waals surface area contributed by atoms with Gasteiger partial charge in [-0.15, -0.1) is 0 Å². The van der Waals surface area contributed by atoms with Crippen LogP contribution in [0.3, 0.4) is 0 Å². The number of rotatable bonds is 4. The third kappa shape index (κ3) is 2.39. The number of nitrogens with zero attached hydrogens (tertiary/aromatic N) is 1. The van der Waals surface area contributed by atoms with E-state index < -0.39 is 15.4 Å². The molecule has 6 heteroatoms. The molecule has 2 atom stereocenters. The van der Waals surface area contributed by atoms with Crippen molar-refractivity contribution in [2.24, 2.45) is 22.5 Å². The third-order valence-electron chi connectivity index (χ3n) is 5.90. The Hall–Kier alpha value is -1.40. The van der Waals surface area contributed by atoms with E-state index in [4.69, 9.17) is 5.73 Å². The average molecular weight is 350 g/mol. The van der Waals surface area contributed by atoms with Crippen LogP contribution >= 0.6 is 0 Å². The van der Waals surface area contributed by atoms with Crippen molar-refractivity contribution in [3.63, 3.8) is 0 Å². The molecular formula is C18H26N2O3S. The van der Waals surface area contributed by atoms with Crippen molar-refractivity contribution in [2.45, 2.75) is 44.9 Å². The zero-order valence-corrected chi connectivity index (χ0v) is 15.6. The number of sulfonamides is 1. The van der Waals surface area contributed by atoms with E-state index in [2.05, 4.69) is 27.7 Å². The van der Waals surface area contributed by atoms with Crippen molar-refractivity contribution in [2.75, 3.05) is 13.1 Å². The molecular weight excluding hydrogens is 324 g/mol. The van der Waals surface area contributed by atoms with Crippen LogP contribution in [-0.4, -0.2) is 31.7 Å². The molecule has 0 aromatic heterocycles. The fourth-order valence-electron chi connectivity index (χ4n) is 4.54. The van der Waals surface area contributed by atoms with Crippen LogP contribution in [0, 0.1) is 16.7 Å². The molecule has 1 saturated carbocycles. The predicted molar refractivity (Wildman–Crippen MR) is 92.8 cm³/mol. The Balaban J connectivity index is 1.90. The number of amides is 1. The normalized spacial score (nSPS) is 29.3. The number of benzene rings is 1. The summed E-state index contributed by atoms with van der Waals surface area (Å²) < 4.78 is 27.4. The Morgan fingerprint density at radius 2 is 1.83 bits per heavy atom. The molecule has 1 aromatic rings. The quantitative estimate of drug-likeness (QED) is 0.905. The zero-order valence-electron chi connectivity index (χ0n) is 14.7. The lowest BCUT2D eigenvalue weighted by Crippen LogP contribution is -2.59. The second-order valence-electron chi connectivity index (χ2n) is 8.26. The summed E-state index contributed by atoms with van der Waals surface area (Å²) in [4.78, 5) is 12.3. The van der Waals surface area contributed by atoms with Crippen molar-refractivity contribution in [1.29, 1.82) is 0 Å². The molecule has 1 aliphatic carbocycles. The summed E-state index contributed by atoms with van der Waals surface area (Å²) in [6.45, 7) is 8.86. The molecule has 0 spiro atoms. The lowest BCUT2D eigenvalue weighted by atomic mass is 9.48. The van der Waals surface area contributed by atoms with E-state index in [1.54, 1.807) is 12.1 Å². The van der Waals surface area contributed by atoms with E-state index in [1.165, 1.54) is 4.31 Å². The highest BCUT2D eigenvalue weighted by molar-refractivity contribution is 7.89. The first-order valence-corrected chi connectivity index (χ1v) is 9.85. The van der Waals surface area contributed by atoms with Gasteiger partial charge in [0.1, 0.15) is 0 Å². The van der Waals surface area contributed by atoms with Crippen LogP contribution in [0.25, 0.3) is 0 Å². The van der Waals surface area contributed by atoms with Gasteiger partial charge in [-0.25, -0.2) is 8.42 Å². The van der Waals surface area contributed by atoms with Gasteiger partial charge in [0, 0.05) is 13.1 Å². The molecule has 0 bridgehead atoms. The van der Waals surface area contributed by atoms with Crippen molar-refractivity contribution < 1.29 is 13.2 Å². The minimum atomic E-state index is -3.60. The Morgan fingerprint density at radius 1 is 1.25 bits per heavy atom. The van der Waals surface area contributed by atoms with E-state index >= 15 is 0 Å². The van der Waals surface area contributed by atoms with Crippen LogP contribution in [0.15, 0.2) is 29.2 Å². The fourth-order valence-corrected chi connectivity index (χ4v) is 6.06. The van der Waals surface area contributed by atoms with Crippen LogP contribution in [0.5, 0.6) is 0 Å². The molecule has 1 amide bonds. The number of nitrogens with two attached hydrogens (primary N) is 1. The molecule has 0 radical (unpaired) electrons. The molecule has 24 heavy (non-hydrogen) atoms. The van der Waals surface area contributed by atoms with Crippen LogP contribution in [0.2, 0.25) is 0 Å². The summed E-state index contributed by atoms with van der Waals surface area (Å²) in [5, 5.41) is 0. The average Bonchev–Trinajstić information content (AvgIpc) is 2.84. The molecule has 1 aliphatic heterocycles. The number of primary amides is 1. The van der Waals surface area contributed by atoms with Crippen LogP contribution in [-0.2, 0) is 14.8 Å². The minimum Gasteiger partial charge on any atom is -0.369 e. The number of fused-ring (bicyclic) bond motifs is 1. The maximum absolute atomic E-state index is 13.0. The van der Waals surface area contributed by atoms with Crippen molar-refractivity contribution in [3.05, 3.63) is 29.8 Å². The van der Waals surface area contributed by atoms with Crippen LogP contribution in [0.1, 0.15) is 45.6 Å². The highest BCUT2D eigenvalue weighted by Gasteiger charge is 2.67. The first kappa shape index (κ1) is 17.4. The smallest absolute Gasteiger partial charge is 0.243 e. The van der Waals surface area contributed by atoms with Gasteiger partial charge < -0.3 is 5.73 Å². The molecule has 1 aromatic carbocycles. The molecule has 2 fully saturated rings. The second kappa shape index (κ2) is 5.30. The predicted octanol–water partition coefficient (Wildman–Crippen LogP) is 2.33. The van der Waals surface area contributed by atoms with E-state index in [9.17, 15) is 13.2 Å². The topological polar surface area (TPSA) is 80.5 Å². The largest absolute Gasteiger partial charge is 0.369 e. The van der Waals surface area contributed by atoms with Gasteiger partial charge in [0.05, 0.1) is 10.3 Å². The third-order valence-corrected chi connectivity index (χ3v) is 7.73. The first-order valence-electron chi connectivity index (χ1n) is 8.41. The standard InChI is InChI=1S/C18H26N2O3S/c1-12(2)13-5-7-14(8-6-13)24(22,23)20-9-15-17(3,4)10-18(15,11-20)16(19)21/h5-8,12,15H,9-11H2,1-4H3,(H2,19,21)/t15-,18+/m1/s1. The van der Waals surface area contributed by atoms with Gasteiger partial charge in [0.2, 0.25) is 15.9 Å². The van der Waals surface area contributed by atoms with E-state index in [1.807, 2.05) is 12.1 Å². The molecule has 1 saturated heterocycles.